The minimum Gasteiger partial charge on any atom is -0.490 e. The maximum Gasteiger partial charge on any atom is 0.335 e. The second-order valence-corrected chi connectivity index (χ2v) is 8.72. The molecule has 1 N–H and O–H groups in total. The SMILES string of the molecule is CCOc1cc(/C=C2\C(=O)NC(=O)N(c3cc(C)cc(C)c3)C2=O)ccc1OCc1ccc(C)cc1. The van der Waals surface area contributed by atoms with Gasteiger partial charge in [-0.1, -0.05) is 42.0 Å². The lowest BCUT2D eigenvalue weighted by molar-refractivity contribution is -0.122. The van der Waals surface area contributed by atoms with Crippen LogP contribution in [0.5, 0.6) is 11.5 Å². The Balaban J connectivity index is 1.62. The quantitative estimate of drug-likeness (QED) is 0.365. The van der Waals surface area contributed by atoms with Gasteiger partial charge in [-0.3, -0.25) is 14.9 Å². The monoisotopic (exact) mass is 484 g/mol. The topological polar surface area (TPSA) is 84.9 Å². The second-order valence-electron chi connectivity index (χ2n) is 8.72. The largest absolute Gasteiger partial charge is 0.490 e. The van der Waals surface area contributed by atoms with Gasteiger partial charge in [-0.05, 0) is 80.3 Å². The Kier molecular flexibility index (Phi) is 7.20. The zero-order valence-corrected chi connectivity index (χ0v) is 20.8. The summed E-state index contributed by atoms with van der Waals surface area (Å²) in [6.45, 7) is 8.43. The Bertz CT molecular complexity index is 1340. The third kappa shape index (κ3) is 5.46. The van der Waals surface area contributed by atoms with E-state index in [0.717, 1.165) is 21.6 Å². The molecule has 3 aromatic rings. The smallest absolute Gasteiger partial charge is 0.335 e. The van der Waals surface area contributed by atoms with E-state index in [0.29, 0.717) is 36.0 Å². The molecule has 1 aliphatic heterocycles. The molecule has 0 radical (unpaired) electrons. The normalized spacial score (nSPS) is 14.7. The molecule has 0 atom stereocenters. The Hall–Kier alpha value is -4.39. The molecule has 1 saturated heterocycles. The molecule has 4 rings (SSSR count). The molecule has 4 amide bonds. The first-order chi connectivity index (χ1) is 17.2. The minimum atomic E-state index is -0.776. The van der Waals surface area contributed by atoms with E-state index in [1.54, 1.807) is 30.3 Å². The van der Waals surface area contributed by atoms with E-state index < -0.39 is 17.8 Å². The van der Waals surface area contributed by atoms with Gasteiger partial charge in [0.05, 0.1) is 12.3 Å². The highest BCUT2D eigenvalue weighted by molar-refractivity contribution is 6.39. The first-order valence-corrected chi connectivity index (χ1v) is 11.7. The Morgan fingerprint density at radius 1 is 0.806 bits per heavy atom. The van der Waals surface area contributed by atoms with Crippen LogP contribution in [0.3, 0.4) is 0 Å². The molecule has 36 heavy (non-hydrogen) atoms. The molecule has 1 aliphatic rings. The van der Waals surface area contributed by atoms with Crippen LogP contribution in [0, 0.1) is 20.8 Å². The van der Waals surface area contributed by atoms with Crippen LogP contribution in [0.15, 0.2) is 66.2 Å². The van der Waals surface area contributed by atoms with E-state index in [4.69, 9.17) is 9.47 Å². The Morgan fingerprint density at radius 2 is 1.50 bits per heavy atom. The molecule has 0 unspecified atom stereocenters. The molecule has 0 aromatic heterocycles. The summed E-state index contributed by atoms with van der Waals surface area (Å²) in [4.78, 5) is 39.4. The predicted octanol–water partition coefficient (Wildman–Crippen LogP) is 5.26. The van der Waals surface area contributed by atoms with Crippen molar-refractivity contribution in [3.8, 4) is 11.5 Å². The molecular formula is C29H28N2O5. The number of nitrogens with zero attached hydrogens (tertiary/aromatic N) is 1. The molecule has 1 heterocycles. The number of amides is 4. The van der Waals surface area contributed by atoms with Crippen LogP contribution in [-0.2, 0) is 16.2 Å². The van der Waals surface area contributed by atoms with Crippen molar-refractivity contribution < 1.29 is 23.9 Å². The van der Waals surface area contributed by atoms with Gasteiger partial charge in [0.25, 0.3) is 11.8 Å². The molecule has 0 bridgehead atoms. The summed E-state index contributed by atoms with van der Waals surface area (Å²) in [5, 5.41) is 2.26. The highest BCUT2D eigenvalue weighted by Gasteiger charge is 2.37. The van der Waals surface area contributed by atoms with E-state index in [9.17, 15) is 14.4 Å². The van der Waals surface area contributed by atoms with Crippen LogP contribution in [-0.4, -0.2) is 24.5 Å². The summed E-state index contributed by atoms with van der Waals surface area (Å²) in [5.74, 6) is -0.398. The fourth-order valence-electron chi connectivity index (χ4n) is 3.99. The van der Waals surface area contributed by atoms with Gasteiger partial charge in [0.15, 0.2) is 11.5 Å². The number of rotatable bonds is 7. The van der Waals surface area contributed by atoms with E-state index in [2.05, 4.69) is 5.32 Å². The molecule has 7 nitrogen and oxygen atoms in total. The maximum absolute atomic E-state index is 13.3. The lowest BCUT2D eigenvalue weighted by atomic mass is 10.0. The fraction of sp³-hybridized carbons (Fsp3) is 0.207. The number of hydrogen-bond donors (Lipinski definition) is 1. The van der Waals surface area contributed by atoms with Crippen LogP contribution in [0.1, 0.15) is 34.7 Å². The standard InChI is InChI=1S/C29H28N2O5/c1-5-35-26-16-22(10-11-25(26)36-17-21-8-6-18(2)7-9-21)15-24-27(32)30-29(34)31(28(24)33)23-13-19(3)12-20(4)14-23/h6-16H,5,17H2,1-4H3,(H,30,32,34)/b24-15+. The number of ether oxygens (including phenoxy) is 2. The van der Waals surface area contributed by atoms with Crippen molar-refractivity contribution in [2.24, 2.45) is 0 Å². The third-order valence-electron chi connectivity index (χ3n) is 5.66. The minimum absolute atomic E-state index is 0.149. The summed E-state index contributed by atoms with van der Waals surface area (Å²) in [7, 11) is 0. The molecule has 184 valence electrons. The first-order valence-electron chi connectivity index (χ1n) is 11.7. The molecule has 7 heteroatoms. The number of carbonyl (C=O) groups is 3. The number of hydrogen-bond acceptors (Lipinski definition) is 5. The summed E-state index contributed by atoms with van der Waals surface area (Å²) >= 11 is 0. The molecule has 0 spiro atoms. The van der Waals surface area contributed by atoms with Crippen molar-refractivity contribution in [2.45, 2.75) is 34.3 Å². The zero-order valence-electron chi connectivity index (χ0n) is 20.8. The molecular weight excluding hydrogens is 456 g/mol. The summed E-state index contributed by atoms with van der Waals surface area (Å²) in [6.07, 6.45) is 1.45. The molecule has 0 saturated carbocycles. The zero-order chi connectivity index (χ0) is 25.8. The van der Waals surface area contributed by atoms with E-state index in [1.165, 1.54) is 11.6 Å². The second kappa shape index (κ2) is 10.5. The van der Waals surface area contributed by atoms with Gasteiger partial charge in [-0.25, -0.2) is 9.69 Å². The van der Waals surface area contributed by atoms with Crippen LogP contribution in [0.25, 0.3) is 6.08 Å². The van der Waals surface area contributed by atoms with E-state index in [1.807, 2.05) is 58.0 Å². The molecule has 0 aliphatic carbocycles. The number of imide groups is 2. The van der Waals surface area contributed by atoms with Gasteiger partial charge in [-0.15, -0.1) is 0 Å². The number of aryl methyl sites for hydroxylation is 3. The highest BCUT2D eigenvalue weighted by Crippen LogP contribution is 2.31. The van der Waals surface area contributed by atoms with Gasteiger partial charge in [0, 0.05) is 0 Å². The maximum atomic E-state index is 13.3. The van der Waals surface area contributed by atoms with Crippen molar-refractivity contribution in [1.82, 2.24) is 5.32 Å². The van der Waals surface area contributed by atoms with Gasteiger partial charge >= 0.3 is 6.03 Å². The van der Waals surface area contributed by atoms with Crippen molar-refractivity contribution in [3.05, 3.63) is 94.1 Å². The van der Waals surface area contributed by atoms with Gasteiger partial charge in [0.2, 0.25) is 0 Å². The summed E-state index contributed by atoms with van der Waals surface area (Å²) < 4.78 is 11.7. The van der Waals surface area contributed by atoms with Crippen LogP contribution < -0.4 is 19.7 Å². The van der Waals surface area contributed by atoms with E-state index in [-0.39, 0.29) is 5.57 Å². The first kappa shape index (κ1) is 24.7. The average Bonchev–Trinajstić information content (AvgIpc) is 2.82. The van der Waals surface area contributed by atoms with Crippen molar-refractivity contribution >= 4 is 29.6 Å². The number of carbonyl (C=O) groups excluding carboxylic acids is 3. The number of urea groups is 1. The predicted molar refractivity (Wildman–Crippen MR) is 138 cm³/mol. The Labute approximate surface area is 210 Å². The third-order valence-corrected chi connectivity index (χ3v) is 5.66. The van der Waals surface area contributed by atoms with Gasteiger partial charge in [0.1, 0.15) is 12.2 Å². The van der Waals surface area contributed by atoms with Crippen LogP contribution in [0.2, 0.25) is 0 Å². The van der Waals surface area contributed by atoms with Crippen molar-refractivity contribution in [1.29, 1.82) is 0 Å². The number of benzene rings is 3. The van der Waals surface area contributed by atoms with E-state index >= 15 is 0 Å². The number of nitrogens with one attached hydrogen (secondary N) is 1. The lowest BCUT2D eigenvalue weighted by Gasteiger charge is -2.27. The number of barbiturate groups is 1. The highest BCUT2D eigenvalue weighted by atomic mass is 16.5. The molecule has 3 aromatic carbocycles. The van der Waals surface area contributed by atoms with Gasteiger partial charge in [-0.2, -0.15) is 0 Å². The summed E-state index contributed by atoms with van der Waals surface area (Å²) in [6, 6.07) is 17.9. The van der Waals surface area contributed by atoms with Crippen LogP contribution >= 0.6 is 0 Å². The lowest BCUT2D eigenvalue weighted by Crippen LogP contribution is -2.54. The molecule has 1 fully saturated rings. The fourth-order valence-corrected chi connectivity index (χ4v) is 3.99. The number of anilines is 1. The Morgan fingerprint density at radius 3 is 2.17 bits per heavy atom. The van der Waals surface area contributed by atoms with Gasteiger partial charge < -0.3 is 9.47 Å². The average molecular weight is 485 g/mol. The van der Waals surface area contributed by atoms with Crippen LogP contribution in [0.4, 0.5) is 10.5 Å². The van der Waals surface area contributed by atoms with Crippen molar-refractivity contribution in [2.75, 3.05) is 11.5 Å². The van der Waals surface area contributed by atoms with Crippen molar-refractivity contribution in [3.63, 3.8) is 0 Å². The summed E-state index contributed by atoms with van der Waals surface area (Å²) in [5.41, 5.74) is 4.81.